The molecule has 0 saturated heterocycles. The quantitative estimate of drug-likeness (QED) is 0.378. The summed E-state index contributed by atoms with van der Waals surface area (Å²) in [6.07, 6.45) is 2.08. The number of unbranched alkanes of at least 4 members (excludes halogenated alkanes) is 1. The van der Waals surface area contributed by atoms with Crippen LogP contribution in [0.4, 0.5) is 0 Å². The van der Waals surface area contributed by atoms with Crippen LogP contribution in [0.1, 0.15) is 19.8 Å². The molecule has 0 aliphatic heterocycles. The van der Waals surface area contributed by atoms with Gasteiger partial charge >= 0.3 is 7.32 Å². The molecule has 84 valence electrons. The van der Waals surface area contributed by atoms with Gasteiger partial charge in [-0.3, -0.25) is 0 Å². The van der Waals surface area contributed by atoms with E-state index >= 15 is 0 Å². The third-order valence-corrected chi connectivity index (χ3v) is 1.50. The molecule has 0 fully saturated rings. The van der Waals surface area contributed by atoms with E-state index in [0.29, 0.717) is 32.9 Å². The fraction of sp³-hybridized carbons (Fsp3) is 1.00. The van der Waals surface area contributed by atoms with E-state index in [-0.39, 0.29) is 0 Å². The largest absolute Gasteiger partial charge is 0.639 e. The molecule has 0 rings (SSSR count). The summed E-state index contributed by atoms with van der Waals surface area (Å²) in [5.41, 5.74) is 10.6. The minimum absolute atomic E-state index is 0.432. The molecule has 6 heteroatoms. The highest BCUT2D eigenvalue weighted by molar-refractivity contribution is 6.36. The lowest BCUT2D eigenvalue weighted by Crippen LogP contribution is -2.31. The van der Waals surface area contributed by atoms with Crippen molar-refractivity contribution in [2.24, 2.45) is 11.5 Å². The number of nitrogens with two attached hydrogens (primary N) is 2. The maximum Gasteiger partial charge on any atom is 0.639 e. The maximum atomic E-state index is 5.33. The highest BCUT2D eigenvalue weighted by Crippen LogP contribution is 1.95. The second-order valence-electron chi connectivity index (χ2n) is 2.83. The van der Waals surface area contributed by atoms with E-state index in [1.165, 1.54) is 0 Å². The smallest absolute Gasteiger partial charge is 0.386 e. The predicted octanol–water partition coefficient (Wildman–Crippen LogP) is -0.261. The lowest BCUT2D eigenvalue weighted by molar-refractivity contribution is 0.0968. The molecule has 5 nitrogen and oxygen atoms in total. The molecule has 0 aromatic rings. The van der Waals surface area contributed by atoms with Crippen LogP contribution in [0.5, 0.6) is 0 Å². The third kappa shape index (κ3) is 8.46. The van der Waals surface area contributed by atoms with Crippen molar-refractivity contribution < 1.29 is 14.0 Å². The Bertz CT molecular complexity index is 111. The first-order valence-electron chi connectivity index (χ1n) is 5.10. The topological polar surface area (TPSA) is 79.7 Å². The molecule has 0 aromatic heterocycles. The van der Waals surface area contributed by atoms with Gasteiger partial charge in [-0.15, -0.1) is 0 Å². The highest BCUT2D eigenvalue weighted by atomic mass is 16.7. The van der Waals surface area contributed by atoms with E-state index < -0.39 is 7.32 Å². The summed E-state index contributed by atoms with van der Waals surface area (Å²) in [7, 11) is -0.617. The monoisotopic (exact) mass is 204 g/mol. The van der Waals surface area contributed by atoms with E-state index in [1.54, 1.807) is 0 Å². The lowest BCUT2D eigenvalue weighted by Gasteiger charge is -2.13. The van der Waals surface area contributed by atoms with Gasteiger partial charge in [0.05, 0.1) is 0 Å². The minimum Gasteiger partial charge on any atom is -0.386 e. The number of rotatable bonds is 10. The van der Waals surface area contributed by atoms with Crippen LogP contribution in [-0.2, 0) is 14.0 Å². The number of hydrogen-bond acceptors (Lipinski definition) is 5. The van der Waals surface area contributed by atoms with Gasteiger partial charge in [0.15, 0.2) is 0 Å². The molecule has 0 heterocycles. The molecular weight excluding hydrogens is 183 g/mol. The average molecular weight is 204 g/mol. The third-order valence-electron chi connectivity index (χ3n) is 1.50. The zero-order valence-electron chi connectivity index (χ0n) is 8.91. The highest BCUT2D eigenvalue weighted by Gasteiger charge is 2.19. The second-order valence-corrected chi connectivity index (χ2v) is 2.83. The summed E-state index contributed by atoms with van der Waals surface area (Å²) in [5, 5.41) is 0. The summed E-state index contributed by atoms with van der Waals surface area (Å²) in [6.45, 7) is 4.51. The first kappa shape index (κ1) is 13.9. The van der Waals surface area contributed by atoms with Gasteiger partial charge in [-0.25, -0.2) is 0 Å². The first-order chi connectivity index (χ1) is 6.85. The van der Waals surface area contributed by atoms with Crippen LogP contribution < -0.4 is 11.5 Å². The molecule has 0 bridgehead atoms. The Morgan fingerprint density at radius 1 is 0.929 bits per heavy atom. The van der Waals surface area contributed by atoms with Gasteiger partial charge in [0, 0.05) is 32.9 Å². The van der Waals surface area contributed by atoms with Gasteiger partial charge in [-0.2, -0.15) is 0 Å². The van der Waals surface area contributed by atoms with Gasteiger partial charge in [0.25, 0.3) is 0 Å². The first-order valence-corrected chi connectivity index (χ1v) is 5.10. The van der Waals surface area contributed by atoms with Crippen molar-refractivity contribution in [3.05, 3.63) is 0 Å². The van der Waals surface area contributed by atoms with Crippen LogP contribution >= 0.6 is 0 Å². The van der Waals surface area contributed by atoms with Crippen molar-refractivity contribution in [1.29, 1.82) is 0 Å². The lowest BCUT2D eigenvalue weighted by atomic mass is 10.2. The van der Waals surface area contributed by atoms with E-state index in [0.717, 1.165) is 12.8 Å². The molecular formula is C8H21BN2O3. The van der Waals surface area contributed by atoms with Crippen molar-refractivity contribution in [3.8, 4) is 0 Å². The Hall–Kier alpha value is -0.135. The Morgan fingerprint density at radius 3 is 1.86 bits per heavy atom. The maximum absolute atomic E-state index is 5.33. The predicted molar refractivity (Wildman–Crippen MR) is 56.6 cm³/mol. The van der Waals surface area contributed by atoms with Gasteiger partial charge < -0.3 is 25.4 Å². The van der Waals surface area contributed by atoms with Gasteiger partial charge in [0.2, 0.25) is 0 Å². The molecule has 4 N–H and O–H groups in total. The molecule has 0 atom stereocenters. The molecule has 0 amide bonds. The summed E-state index contributed by atoms with van der Waals surface area (Å²) in [4.78, 5) is 0. The molecule has 0 radical (unpaired) electrons. The van der Waals surface area contributed by atoms with E-state index in [2.05, 4.69) is 6.92 Å². The van der Waals surface area contributed by atoms with Gasteiger partial charge in [0.1, 0.15) is 0 Å². The van der Waals surface area contributed by atoms with Crippen LogP contribution in [-0.4, -0.2) is 40.2 Å². The van der Waals surface area contributed by atoms with Crippen LogP contribution in [0.2, 0.25) is 0 Å². The fourth-order valence-electron chi connectivity index (χ4n) is 0.797. The molecule has 0 aliphatic rings. The van der Waals surface area contributed by atoms with Crippen molar-refractivity contribution in [2.45, 2.75) is 19.8 Å². The zero-order chi connectivity index (χ0) is 10.6. The Labute approximate surface area is 86.2 Å². The Kier molecular flexibility index (Phi) is 10.8. The summed E-state index contributed by atoms with van der Waals surface area (Å²) in [5.74, 6) is 0. The molecule has 14 heavy (non-hydrogen) atoms. The fourth-order valence-corrected chi connectivity index (χ4v) is 0.797. The van der Waals surface area contributed by atoms with Crippen LogP contribution in [0.15, 0.2) is 0 Å². The van der Waals surface area contributed by atoms with E-state index in [1.807, 2.05) is 0 Å². The minimum atomic E-state index is -0.617. The second kappa shape index (κ2) is 10.9. The van der Waals surface area contributed by atoms with Crippen LogP contribution in [0.25, 0.3) is 0 Å². The van der Waals surface area contributed by atoms with Crippen molar-refractivity contribution in [1.82, 2.24) is 0 Å². The summed E-state index contributed by atoms with van der Waals surface area (Å²) >= 11 is 0. The van der Waals surface area contributed by atoms with Gasteiger partial charge in [-0.05, 0) is 6.42 Å². The molecule has 0 unspecified atom stereocenters. The number of hydrogen-bond donors (Lipinski definition) is 2. The van der Waals surface area contributed by atoms with Crippen LogP contribution in [0.3, 0.4) is 0 Å². The summed E-state index contributed by atoms with van der Waals surface area (Å²) < 4.78 is 15.8. The molecule has 0 spiro atoms. The molecule has 0 saturated carbocycles. The Morgan fingerprint density at radius 2 is 1.43 bits per heavy atom. The van der Waals surface area contributed by atoms with Gasteiger partial charge in [-0.1, -0.05) is 13.3 Å². The van der Waals surface area contributed by atoms with Crippen molar-refractivity contribution in [2.75, 3.05) is 32.9 Å². The van der Waals surface area contributed by atoms with E-state index in [4.69, 9.17) is 25.4 Å². The van der Waals surface area contributed by atoms with E-state index in [9.17, 15) is 0 Å². The standard InChI is InChI=1S/C8H21BN2O3/c1-2-3-6-12-9(13-7-4-10)14-8-5-11/h2-8,10-11H2,1H3. The average Bonchev–Trinajstić information content (AvgIpc) is 2.21. The SMILES string of the molecule is CCCCOB(OCCN)OCCN. The Balaban J connectivity index is 3.49. The van der Waals surface area contributed by atoms with Crippen molar-refractivity contribution >= 4 is 7.32 Å². The molecule has 0 aromatic carbocycles. The normalized spacial score (nSPS) is 10.5. The molecule has 0 aliphatic carbocycles. The zero-order valence-corrected chi connectivity index (χ0v) is 8.91. The van der Waals surface area contributed by atoms with Crippen LogP contribution in [0, 0.1) is 0 Å². The summed E-state index contributed by atoms with van der Waals surface area (Å²) in [6, 6.07) is 0. The van der Waals surface area contributed by atoms with Crippen molar-refractivity contribution in [3.63, 3.8) is 0 Å².